The average molecular weight is 355 g/mol. The molecule has 0 saturated carbocycles. The van der Waals surface area contributed by atoms with Gasteiger partial charge in [0.1, 0.15) is 11.6 Å². The standard InChI is InChI=1S/C13H15BrClF2NO/c1-8-7-19-9(4-15)5-18(8)6-10-12(16)3-2-11(14)13(10)17/h2-3,8-9H,4-7H2,1H3. The molecule has 1 fully saturated rings. The monoisotopic (exact) mass is 353 g/mol. The van der Waals surface area contributed by atoms with E-state index in [4.69, 9.17) is 16.3 Å². The first-order chi connectivity index (χ1) is 9.02. The highest BCUT2D eigenvalue weighted by Crippen LogP contribution is 2.25. The molecule has 1 saturated heterocycles. The zero-order valence-corrected chi connectivity index (χ0v) is 12.8. The Labute approximate surface area is 124 Å². The van der Waals surface area contributed by atoms with Crippen molar-refractivity contribution in [1.29, 1.82) is 0 Å². The van der Waals surface area contributed by atoms with Crippen molar-refractivity contribution in [3.8, 4) is 0 Å². The van der Waals surface area contributed by atoms with Crippen LogP contribution < -0.4 is 0 Å². The third-order valence-corrected chi connectivity index (χ3v) is 4.26. The maximum absolute atomic E-state index is 14.0. The van der Waals surface area contributed by atoms with E-state index in [0.717, 1.165) is 0 Å². The molecule has 0 bridgehead atoms. The molecule has 2 rings (SSSR count). The zero-order valence-electron chi connectivity index (χ0n) is 10.5. The molecule has 19 heavy (non-hydrogen) atoms. The number of halogens is 4. The molecule has 1 aromatic carbocycles. The lowest BCUT2D eigenvalue weighted by molar-refractivity contribution is -0.0517. The topological polar surface area (TPSA) is 12.5 Å². The molecule has 0 aromatic heterocycles. The second-order valence-electron chi connectivity index (χ2n) is 4.71. The summed E-state index contributed by atoms with van der Waals surface area (Å²) in [5, 5.41) is 0. The number of hydrogen-bond acceptors (Lipinski definition) is 2. The minimum Gasteiger partial charge on any atom is -0.374 e. The summed E-state index contributed by atoms with van der Waals surface area (Å²) >= 11 is 8.86. The van der Waals surface area contributed by atoms with Gasteiger partial charge in [0.25, 0.3) is 0 Å². The molecule has 1 heterocycles. The Morgan fingerprint density at radius 3 is 2.89 bits per heavy atom. The van der Waals surface area contributed by atoms with Gasteiger partial charge in [-0.2, -0.15) is 0 Å². The van der Waals surface area contributed by atoms with Crippen LogP contribution >= 0.6 is 27.5 Å². The van der Waals surface area contributed by atoms with E-state index in [0.29, 0.717) is 19.0 Å². The average Bonchev–Trinajstić information content (AvgIpc) is 2.41. The second kappa shape index (κ2) is 6.48. The summed E-state index contributed by atoms with van der Waals surface area (Å²) < 4.78 is 33.5. The van der Waals surface area contributed by atoms with Crippen molar-refractivity contribution in [3.63, 3.8) is 0 Å². The van der Waals surface area contributed by atoms with Crippen LogP contribution in [0.25, 0.3) is 0 Å². The third-order valence-electron chi connectivity index (χ3n) is 3.31. The Balaban J connectivity index is 2.18. The summed E-state index contributed by atoms with van der Waals surface area (Å²) in [5.41, 5.74) is 0.0800. The summed E-state index contributed by atoms with van der Waals surface area (Å²) in [6.07, 6.45) is -0.0869. The van der Waals surface area contributed by atoms with Crippen molar-refractivity contribution in [1.82, 2.24) is 4.90 Å². The SMILES string of the molecule is CC1COC(CCl)CN1Cc1c(F)ccc(Br)c1F. The fourth-order valence-electron chi connectivity index (χ4n) is 2.11. The van der Waals surface area contributed by atoms with Crippen molar-refractivity contribution in [2.75, 3.05) is 19.0 Å². The molecule has 0 N–H and O–H groups in total. The van der Waals surface area contributed by atoms with E-state index >= 15 is 0 Å². The molecule has 2 atom stereocenters. The first kappa shape index (κ1) is 15.2. The van der Waals surface area contributed by atoms with Crippen LogP contribution in [0.4, 0.5) is 8.78 Å². The Kier molecular flexibility index (Phi) is 5.17. The Morgan fingerprint density at radius 1 is 1.47 bits per heavy atom. The summed E-state index contributed by atoms with van der Waals surface area (Å²) in [6.45, 7) is 3.29. The maximum Gasteiger partial charge on any atom is 0.144 e. The van der Waals surface area contributed by atoms with Crippen LogP contribution in [0.15, 0.2) is 16.6 Å². The minimum absolute atomic E-state index is 0.0800. The number of ether oxygens (including phenoxy) is 1. The molecule has 2 unspecified atom stereocenters. The molecule has 0 amide bonds. The van der Waals surface area contributed by atoms with E-state index in [1.165, 1.54) is 12.1 Å². The first-order valence-electron chi connectivity index (χ1n) is 6.07. The Morgan fingerprint density at radius 2 is 2.21 bits per heavy atom. The van der Waals surface area contributed by atoms with Crippen LogP contribution in [-0.2, 0) is 11.3 Å². The quantitative estimate of drug-likeness (QED) is 0.608. The first-order valence-corrected chi connectivity index (χ1v) is 7.39. The lowest BCUT2D eigenvalue weighted by atomic mass is 10.1. The molecule has 6 heteroatoms. The number of benzene rings is 1. The van der Waals surface area contributed by atoms with Crippen LogP contribution in [-0.4, -0.2) is 36.1 Å². The van der Waals surface area contributed by atoms with E-state index in [9.17, 15) is 8.78 Å². The molecular formula is C13H15BrClF2NO. The van der Waals surface area contributed by atoms with Crippen molar-refractivity contribution in [2.45, 2.75) is 25.6 Å². The minimum atomic E-state index is -0.541. The summed E-state index contributed by atoms with van der Waals surface area (Å²) in [5.74, 6) is -0.685. The fourth-order valence-corrected chi connectivity index (χ4v) is 2.66. The van der Waals surface area contributed by atoms with Gasteiger partial charge in [-0.15, -0.1) is 11.6 Å². The number of nitrogens with zero attached hydrogens (tertiary/aromatic N) is 1. The predicted octanol–water partition coefficient (Wildman–Crippen LogP) is 3.56. The second-order valence-corrected chi connectivity index (χ2v) is 5.87. The highest BCUT2D eigenvalue weighted by molar-refractivity contribution is 9.10. The lowest BCUT2D eigenvalue weighted by Crippen LogP contribution is -2.48. The van der Waals surface area contributed by atoms with Crippen molar-refractivity contribution >= 4 is 27.5 Å². The molecule has 1 aliphatic rings. The molecule has 1 aliphatic heterocycles. The predicted molar refractivity (Wildman–Crippen MR) is 74.4 cm³/mol. The molecule has 0 aliphatic carbocycles. The van der Waals surface area contributed by atoms with Crippen molar-refractivity contribution < 1.29 is 13.5 Å². The highest BCUT2D eigenvalue weighted by Gasteiger charge is 2.27. The van der Waals surface area contributed by atoms with Gasteiger partial charge in [-0.05, 0) is 35.0 Å². The van der Waals surface area contributed by atoms with Crippen LogP contribution in [0.1, 0.15) is 12.5 Å². The van der Waals surface area contributed by atoms with Crippen molar-refractivity contribution in [2.24, 2.45) is 0 Å². The number of alkyl halides is 1. The number of morpholine rings is 1. The largest absolute Gasteiger partial charge is 0.374 e. The van der Waals surface area contributed by atoms with E-state index in [1.807, 2.05) is 11.8 Å². The van der Waals surface area contributed by atoms with E-state index in [2.05, 4.69) is 15.9 Å². The van der Waals surface area contributed by atoms with E-state index in [1.54, 1.807) is 0 Å². The lowest BCUT2D eigenvalue weighted by Gasteiger charge is -2.37. The zero-order chi connectivity index (χ0) is 14.0. The van der Waals surface area contributed by atoms with Gasteiger partial charge in [0.05, 0.1) is 17.2 Å². The van der Waals surface area contributed by atoms with Gasteiger partial charge in [0, 0.05) is 30.6 Å². The van der Waals surface area contributed by atoms with Gasteiger partial charge in [0.2, 0.25) is 0 Å². The van der Waals surface area contributed by atoms with Gasteiger partial charge in [-0.25, -0.2) is 8.78 Å². The van der Waals surface area contributed by atoms with Gasteiger partial charge >= 0.3 is 0 Å². The molecule has 106 valence electrons. The normalized spacial score (nSPS) is 24.7. The van der Waals surface area contributed by atoms with Gasteiger partial charge in [-0.1, -0.05) is 0 Å². The van der Waals surface area contributed by atoms with Crippen LogP contribution in [0.2, 0.25) is 0 Å². The van der Waals surface area contributed by atoms with E-state index < -0.39 is 11.6 Å². The van der Waals surface area contributed by atoms with Crippen LogP contribution in [0.5, 0.6) is 0 Å². The smallest absolute Gasteiger partial charge is 0.144 e. The number of rotatable bonds is 3. The van der Waals surface area contributed by atoms with Gasteiger partial charge < -0.3 is 4.74 Å². The summed E-state index contributed by atoms with van der Waals surface area (Å²) in [7, 11) is 0. The molecular weight excluding hydrogens is 340 g/mol. The van der Waals surface area contributed by atoms with Gasteiger partial charge in [-0.3, -0.25) is 4.90 Å². The third kappa shape index (κ3) is 3.45. The Bertz CT molecular complexity index is 461. The molecule has 2 nitrogen and oxygen atoms in total. The van der Waals surface area contributed by atoms with E-state index in [-0.39, 0.29) is 28.7 Å². The van der Waals surface area contributed by atoms with Crippen LogP contribution in [0.3, 0.4) is 0 Å². The number of hydrogen-bond donors (Lipinski definition) is 0. The molecule has 1 aromatic rings. The van der Waals surface area contributed by atoms with Crippen LogP contribution in [0, 0.1) is 11.6 Å². The Hall–Kier alpha value is -0.230. The summed E-state index contributed by atoms with van der Waals surface area (Å²) in [4.78, 5) is 1.99. The molecule has 0 spiro atoms. The van der Waals surface area contributed by atoms with Gasteiger partial charge in [0.15, 0.2) is 0 Å². The highest BCUT2D eigenvalue weighted by atomic mass is 79.9. The maximum atomic E-state index is 14.0. The summed E-state index contributed by atoms with van der Waals surface area (Å²) in [6, 6.07) is 2.75. The molecule has 0 radical (unpaired) electrons. The fraction of sp³-hybridized carbons (Fsp3) is 0.538. The van der Waals surface area contributed by atoms with Crippen molar-refractivity contribution in [3.05, 3.63) is 33.8 Å².